The molecule has 0 saturated heterocycles. The zero-order chi connectivity index (χ0) is 18.8. The van der Waals surface area contributed by atoms with Crippen LogP contribution in [-0.2, 0) is 17.8 Å². The first-order chi connectivity index (χ1) is 12.3. The van der Waals surface area contributed by atoms with Crippen LogP contribution in [-0.4, -0.2) is 27.0 Å². The van der Waals surface area contributed by atoms with E-state index in [0.29, 0.717) is 30.1 Å². The summed E-state index contributed by atoms with van der Waals surface area (Å²) in [5, 5.41) is 3.76. The highest BCUT2D eigenvalue weighted by Gasteiger charge is 2.18. The summed E-state index contributed by atoms with van der Waals surface area (Å²) >= 11 is 1.50. The number of benzene rings is 1. The van der Waals surface area contributed by atoms with Gasteiger partial charge in [-0.15, -0.1) is 0 Å². The number of aromatic nitrogens is 2. The van der Waals surface area contributed by atoms with Crippen LogP contribution in [0.4, 0.5) is 5.69 Å². The molecule has 0 spiro atoms. The lowest BCUT2D eigenvalue weighted by Gasteiger charge is -2.17. The summed E-state index contributed by atoms with van der Waals surface area (Å²) in [6.07, 6.45) is 1.16. The number of Topliss-reactive ketones (excluding diaryl/α,β-unsaturated/α-hetero) is 1. The summed E-state index contributed by atoms with van der Waals surface area (Å²) in [5.74, 6) is 1.01. The second-order valence-electron chi connectivity index (χ2n) is 7.20. The molecule has 3 rings (SSSR count). The average molecular weight is 372 g/mol. The number of aryl methyl sites for hydroxylation is 2. The maximum atomic E-state index is 12.6. The van der Waals surface area contributed by atoms with Crippen molar-refractivity contribution < 1.29 is 9.59 Å². The molecule has 2 heterocycles. The molecular formula is C20H25N3O2S. The molecule has 1 aromatic heterocycles. The molecule has 0 bridgehead atoms. The molecule has 1 aromatic carbocycles. The van der Waals surface area contributed by atoms with Gasteiger partial charge in [0.05, 0.1) is 11.4 Å². The van der Waals surface area contributed by atoms with E-state index in [9.17, 15) is 9.59 Å². The van der Waals surface area contributed by atoms with Gasteiger partial charge in [0.15, 0.2) is 10.9 Å². The molecule has 0 fully saturated rings. The molecule has 0 radical (unpaired) electrons. The fourth-order valence-electron chi connectivity index (χ4n) is 3.08. The Balaban J connectivity index is 1.72. The van der Waals surface area contributed by atoms with E-state index < -0.39 is 0 Å². The monoisotopic (exact) mass is 371 g/mol. The largest absolute Gasteiger partial charge is 0.326 e. The van der Waals surface area contributed by atoms with Crippen LogP contribution in [0.5, 0.6) is 0 Å². The highest BCUT2D eigenvalue weighted by atomic mass is 32.2. The Hall–Kier alpha value is -2.08. The molecule has 5 nitrogen and oxygen atoms in total. The third-order valence-corrected chi connectivity index (χ3v) is 5.60. The third-order valence-electron chi connectivity index (χ3n) is 4.63. The third kappa shape index (κ3) is 4.01. The van der Waals surface area contributed by atoms with Gasteiger partial charge in [0.2, 0.25) is 5.91 Å². The first kappa shape index (κ1) is 18.7. The van der Waals surface area contributed by atoms with Gasteiger partial charge in [-0.3, -0.25) is 9.59 Å². The minimum Gasteiger partial charge on any atom is -0.326 e. The smallest absolute Gasteiger partial charge is 0.224 e. The molecule has 1 aliphatic rings. The van der Waals surface area contributed by atoms with Crippen LogP contribution in [0.25, 0.3) is 0 Å². The molecule has 1 amide bonds. The zero-order valence-corrected chi connectivity index (χ0v) is 16.6. The maximum Gasteiger partial charge on any atom is 0.224 e. The van der Waals surface area contributed by atoms with E-state index in [-0.39, 0.29) is 11.7 Å². The predicted octanol–water partition coefficient (Wildman–Crippen LogP) is 4.02. The van der Waals surface area contributed by atoms with E-state index in [1.54, 1.807) is 6.07 Å². The minimum atomic E-state index is 0.0369. The number of carbonyl (C=O) groups excluding carboxylic acids is 2. The summed E-state index contributed by atoms with van der Waals surface area (Å²) < 4.78 is 2.21. The fraction of sp³-hybridized carbons (Fsp3) is 0.450. The Labute approximate surface area is 158 Å². The van der Waals surface area contributed by atoms with Gasteiger partial charge in [0, 0.05) is 29.9 Å². The lowest BCUT2D eigenvalue weighted by Crippen LogP contribution is -2.19. The number of imidazole rings is 1. The summed E-state index contributed by atoms with van der Waals surface area (Å²) in [4.78, 5) is 28.7. The van der Waals surface area contributed by atoms with Crippen molar-refractivity contribution >= 4 is 29.1 Å². The topological polar surface area (TPSA) is 64.0 Å². The number of nitrogens with one attached hydrogen (secondary N) is 1. The lowest BCUT2D eigenvalue weighted by molar-refractivity contribution is -0.116. The Morgan fingerprint density at radius 2 is 2.08 bits per heavy atom. The van der Waals surface area contributed by atoms with Gasteiger partial charge in [-0.25, -0.2) is 4.98 Å². The molecule has 0 aliphatic carbocycles. The lowest BCUT2D eigenvalue weighted by atomic mass is 9.99. The van der Waals surface area contributed by atoms with E-state index in [1.165, 1.54) is 11.8 Å². The van der Waals surface area contributed by atoms with E-state index >= 15 is 0 Å². The molecule has 0 saturated carbocycles. The van der Waals surface area contributed by atoms with Crippen molar-refractivity contribution in [2.45, 2.75) is 52.2 Å². The Kier molecular flexibility index (Phi) is 5.51. The number of ketones is 1. The Morgan fingerprint density at radius 3 is 2.81 bits per heavy atom. The predicted molar refractivity (Wildman–Crippen MR) is 105 cm³/mol. The number of hydrogen-bond acceptors (Lipinski definition) is 4. The standard InChI is InChI=1S/C20H25N3O2S/c1-12(2)10-23-14(4)13(3)21-20(23)26-11-18(24)16-5-7-17-15(9-16)6-8-19(25)22-17/h5,7,9,12H,6,8,10-11H2,1-4H3,(H,22,25). The number of fused-ring (bicyclic) bond motifs is 1. The summed E-state index contributed by atoms with van der Waals surface area (Å²) in [5.41, 5.74) is 4.74. The Bertz CT molecular complexity index is 855. The van der Waals surface area contributed by atoms with E-state index in [0.717, 1.165) is 34.3 Å². The SMILES string of the molecule is Cc1nc(SCC(=O)c2ccc3c(c2)CCC(=O)N3)n(CC(C)C)c1C. The van der Waals surface area contributed by atoms with Crippen molar-refractivity contribution in [3.05, 3.63) is 40.7 Å². The number of amides is 1. The van der Waals surface area contributed by atoms with E-state index in [1.807, 2.05) is 19.1 Å². The highest BCUT2D eigenvalue weighted by Crippen LogP contribution is 2.26. The van der Waals surface area contributed by atoms with Crippen LogP contribution in [0.1, 0.15) is 47.6 Å². The maximum absolute atomic E-state index is 12.6. The summed E-state index contributed by atoms with van der Waals surface area (Å²) in [6, 6.07) is 5.54. The molecule has 1 N–H and O–H groups in total. The van der Waals surface area contributed by atoms with Crippen molar-refractivity contribution in [2.75, 3.05) is 11.1 Å². The molecule has 26 heavy (non-hydrogen) atoms. The minimum absolute atomic E-state index is 0.0369. The first-order valence-corrected chi connectivity index (χ1v) is 9.96. The van der Waals surface area contributed by atoms with Gasteiger partial charge in [-0.05, 0) is 49.9 Å². The molecule has 6 heteroatoms. The zero-order valence-electron chi connectivity index (χ0n) is 15.8. The Morgan fingerprint density at radius 1 is 1.31 bits per heavy atom. The van der Waals surface area contributed by atoms with Crippen LogP contribution in [0.3, 0.4) is 0 Å². The number of carbonyl (C=O) groups is 2. The van der Waals surface area contributed by atoms with Gasteiger partial charge in [0.25, 0.3) is 0 Å². The average Bonchev–Trinajstić information content (AvgIpc) is 2.86. The molecule has 0 atom stereocenters. The number of anilines is 1. The van der Waals surface area contributed by atoms with Crippen molar-refractivity contribution in [1.29, 1.82) is 0 Å². The van der Waals surface area contributed by atoms with Gasteiger partial charge < -0.3 is 9.88 Å². The van der Waals surface area contributed by atoms with E-state index in [4.69, 9.17) is 0 Å². The molecule has 2 aromatic rings. The summed E-state index contributed by atoms with van der Waals surface area (Å²) in [6.45, 7) is 9.35. The second kappa shape index (κ2) is 7.66. The van der Waals surface area contributed by atoms with Crippen LogP contribution >= 0.6 is 11.8 Å². The highest BCUT2D eigenvalue weighted by molar-refractivity contribution is 7.99. The number of nitrogens with zero attached hydrogens (tertiary/aromatic N) is 2. The van der Waals surface area contributed by atoms with Crippen LogP contribution < -0.4 is 5.32 Å². The van der Waals surface area contributed by atoms with Crippen molar-refractivity contribution in [2.24, 2.45) is 5.92 Å². The van der Waals surface area contributed by atoms with Gasteiger partial charge >= 0.3 is 0 Å². The molecule has 0 unspecified atom stereocenters. The number of rotatable bonds is 6. The quantitative estimate of drug-likeness (QED) is 0.615. The van der Waals surface area contributed by atoms with Gasteiger partial charge in [-0.1, -0.05) is 25.6 Å². The van der Waals surface area contributed by atoms with Crippen molar-refractivity contribution in [1.82, 2.24) is 9.55 Å². The van der Waals surface area contributed by atoms with Crippen LogP contribution in [0, 0.1) is 19.8 Å². The van der Waals surface area contributed by atoms with E-state index in [2.05, 4.69) is 35.6 Å². The fourth-order valence-corrected chi connectivity index (χ4v) is 4.08. The number of hydrogen-bond donors (Lipinski definition) is 1. The normalized spacial score (nSPS) is 13.7. The number of thioether (sulfide) groups is 1. The second-order valence-corrected chi connectivity index (χ2v) is 8.14. The summed E-state index contributed by atoms with van der Waals surface area (Å²) in [7, 11) is 0. The van der Waals surface area contributed by atoms with Gasteiger partial charge in [0.1, 0.15) is 0 Å². The van der Waals surface area contributed by atoms with Crippen molar-refractivity contribution in [3.8, 4) is 0 Å². The molecular weight excluding hydrogens is 346 g/mol. The van der Waals surface area contributed by atoms with Gasteiger partial charge in [-0.2, -0.15) is 0 Å². The molecule has 1 aliphatic heterocycles. The van der Waals surface area contributed by atoms with Crippen molar-refractivity contribution in [3.63, 3.8) is 0 Å². The first-order valence-electron chi connectivity index (χ1n) is 8.97. The van der Waals surface area contributed by atoms with Crippen LogP contribution in [0.15, 0.2) is 23.4 Å². The molecule has 138 valence electrons. The van der Waals surface area contributed by atoms with Crippen LogP contribution in [0.2, 0.25) is 0 Å².